The van der Waals surface area contributed by atoms with Crippen LogP contribution in [-0.4, -0.2) is 4.98 Å². The molecule has 0 aliphatic heterocycles. The van der Waals surface area contributed by atoms with Crippen molar-refractivity contribution in [3.05, 3.63) is 261 Å². The van der Waals surface area contributed by atoms with Crippen LogP contribution in [0.5, 0.6) is 0 Å². The van der Waals surface area contributed by atoms with Gasteiger partial charge in [-0.1, -0.05) is 243 Å². The first-order valence-corrected chi connectivity index (χ1v) is 22.7. The Morgan fingerprint density at radius 2 is 0.561 bits per heavy atom. The van der Waals surface area contributed by atoms with E-state index in [-0.39, 0.29) is 0 Å². The second-order valence-electron chi connectivity index (χ2n) is 16.9. The zero-order valence-corrected chi connectivity index (χ0v) is 36.3. The van der Waals surface area contributed by atoms with Crippen LogP contribution in [0.4, 0.5) is 0 Å². The average molecular weight is 838 g/mol. The molecule has 1 aromatic heterocycles. The molecule has 0 unspecified atom stereocenters. The van der Waals surface area contributed by atoms with E-state index in [9.17, 15) is 0 Å². The van der Waals surface area contributed by atoms with E-state index in [2.05, 4.69) is 261 Å². The quantitative estimate of drug-likeness (QED) is 0.139. The van der Waals surface area contributed by atoms with E-state index in [0.29, 0.717) is 0 Å². The third kappa shape index (κ3) is 6.95. The van der Waals surface area contributed by atoms with Crippen LogP contribution in [0.2, 0.25) is 0 Å². The van der Waals surface area contributed by atoms with E-state index in [1.807, 2.05) is 0 Å². The van der Waals surface area contributed by atoms with E-state index in [1.165, 1.54) is 105 Å². The van der Waals surface area contributed by atoms with Gasteiger partial charge in [0.15, 0.2) is 0 Å². The number of hydrogen-bond acceptors (Lipinski definition) is 1. The molecule has 0 saturated heterocycles. The topological polar surface area (TPSA) is 12.9 Å². The van der Waals surface area contributed by atoms with Crippen LogP contribution in [0.1, 0.15) is 0 Å². The molecule has 12 aromatic rings. The lowest BCUT2D eigenvalue weighted by atomic mass is 9.79. The molecule has 1 heteroatoms. The number of para-hydroxylation sites is 1. The molecule has 11 aromatic carbocycles. The second-order valence-corrected chi connectivity index (χ2v) is 16.9. The average Bonchev–Trinajstić information content (AvgIpc) is 3.40. The van der Waals surface area contributed by atoms with Crippen molar-refractivity contribution in [3.8, 4) is 89.1 Å². The zero-order valence-electron chi connectivity index (χ0n) is 36.3. The highest BCUT2D eigenvalue weighted by atomic mass is 14.7. The van der Waals surface area contributed by atoms with Gasteiger partial charge in [0, 0.05) is 10.9 Å². The standard InChI is InChI=1S/C65H43N/c1-5-19-46(20-6-1)57-43-58(63(50-24-9-3-10-25-50)64(51-26-11-4-12-27-51)62(57)49-22-7-2-8-23-49)47-37-33-44(34-38-47)45-35-39-52(40-36-45)61-53-28-14-16-30-55(53)65(56-31-17-15-29-54(56)61)60-42-41-48-21-13-18-32-59(48)66-60/h1-43H. The molecule has 1 heterocycles. The number of hydrogen-bond donors (Lipinski definition) is 0. The monoisotopic (exact) mass is 837 g/mol. The predicted octanol–water partition coefficient (Wildman–Crippen LogP) is 17.9. The van der Waals surface area contributed by atoms with Crippen molar-refractivity contribution in [3.63, 3.8) is 0 Å². The molecule has 0 saturated carbocycles. The van der Waals surface area contributed by atoms with Crippen molar-refractivity contribution in [2.75, 3.05) is 0 Å². The number of rotatable bonds is 8. The number of fused-ring (bicyclic) bond motifs is 3. The summed E-state index contributed by atoms with van der Waals surface area (Å²) in [4.78, 5) is 5.19. The van der Waals surface area contributed by atoms with E-state index >= 15 is 0 Å². The van der Waals surface area contributed by atoms with E-state index in [1.54, 1.807) is 0 Å². The first-order valence-electron chi connectivity index (χ1n) is 22.7. The van der Waals surface area contributed by atoms with Gasteiger partial charge in [-0.25, -0.2) is 4.98 Å². The molecule has 0 spiro atoms. The van der Waals surface area contributed by atoms with Crippen LogP contribution >= 0.6 is 0 Å². The van der Waals surface area contributed by atoms with Gasteiger partial charge in [0.1, 0.15) is 0 Å². The predicted molar refractivity (Wildman–Crippen MR) is 280 cm³/mol. The van der Waals surface area contributed by atoms with Crippen LogP contribution in [0.3, 0.4) is 0 Å². The normalized spacial score (nSPS) is 11.3. The van der Waals surface area contributed by atoms with E-state index < -0.39 is 0 Å². The summed E-state index contributed by atoms with van der Waals surface area (Å²) in [5, 5.41) is 5.98. The van der Waals surface area contributed by atoms with Crippen molar-refractivity contribution in [1.29, 1.82) is 0 Å². The molecule has 0 aliphatic carbocycles. The molecule has 0 atom stereocenters. The minimum atomic E-state index is 0.988. The lowest BCUT2D eigenvalue weighted by molar-refractivity contribution is 1.42. The van der Waals surface area contributed by atoms with Crippen molar-refractivity contribution >= 4 is 32.4 Å². The molecule has 0 bridgehead atoms. The summed E-state index contributed by atoms with van der Waals surface area (Å²) in [6, 6.07) is 94.6. The molecule has 66 heavy (non-hydrogen) atoms. The van der Waals surface area contributed by atoms with Crippen LogP contribution in [0, 0.1) is 0 Å². The van der Waals surface area contributed by atoms with Gasteiger partial charge in [0.2, 0.25) is 0 Å². The molecule has 0 amide bonds. The number of pyridine rings is 1. The molecule has 0 fully saturated rings. The van der Waals surface area contributed by atoms with E-state index in [4.69, 9.17) is 4.98 Å². The van der Waals surface area contributed by atoms with Crippen molar-refractivity contribution in [2.24, 2.45) is 0 Å². The Morgan fingerprint density at radius 3 is 1.06 bits per heavy atom. The van der Waals surface area contributed by atoms with Gasteiger partial charge >= 0.3 is 0 Å². The molecular weight excluding hydrogens is 795 g/mol. The number of aromatic nitrogens is 1. The Labute approximate surface area is 385 Å². The minimum Gasteiger partial charge on any atom is -0.248 e. The molecule has 1 nitrogen and oxygen atoms in total. The highest BCUT2D eigenvalue weighted by Crippen LogP contribution is 2.51. The van der Waals surface area contributed by atoms with Crippen LogP contribution in [0.15, 0.2) is 261 Å². The molecule has 12 rings (SSSR count). The Bertz CT molecular complexity index is 3630. The SMILES string of the molecule is c1ccc(-c2cc(-c3ccc(-c4ccc(-c5c6ccccc6c(-c6ccc7ccccc7n6)c6ccccc56)cc4)cc3)c(-c3ccccc3)c(-c3ccccc3)c2-c2ccccc2)cc1. The maximum atomic E-state index is 5.19. The fourth-order valence-corrected chi connectivity index (χ4v) is 10.1. The third-order valence-electron chi connectivity index (χ3n) is 13.1. The summed E-state index contributed by atoms with van der Waals surface area (Å²) in [5.74, 6) is 0. The summed E-state index contributed by atoms with van der Waals surface area (Å²) < 4.78 is 0. The summed E-state index contributed by atoms with van der Waals surface area (Å²) >= 11 is 0. The Hall–Kier alpha value is -8.65. The maximum absolute atomic E-state index is 5.19. The Morgan fingerprint density at radius 1 is 0.212 bits per heavy atom. The zero-order chi connectivity index (χ0) is 43.8. The molecule has 0 aliphatic rings. The largest absolute Gasteiger partial charge is 0.248 e. The highest BCUT2D eigenvalue weighted by molar-refractivity contribution is 6.21. The molecule has 308 valence electrons. The van der Waals surface area contributed by atoms with Crippen LogP contribution in [0.25, 0.3) is 122 Å². The van der Waals surface area contributed by atoms with Gasteiger partial charge in [-0.15, -0.1) is 0 Å². The van der Waals surface area contributed by atoms with Gasteiger partial charge in [0.05, 0.1) is 11.2 Å². The van der Waals surface area contributed by atoms with Gasteiger partial charge < -0.3 is 0 Å². The number of nitrogens with zero attached hydrogens (tertiary/aromatic N) is 1. The van der Waals surface area contributed by atoms with Crippen LogP contribution < -0.4 is 0 Å². The fraction of sp³-hybridized carbons (Fsp3) is 0. The Balaban J connectivity index is 0.988. The van der Waals surface area contributed by atoms with Gasteiger partial charge in [-0.05, 0) is 118 Å². The maximum Gasteiger partial charge on any atom is 0.0722 e. The van der Waals surface area contributed by atoms with Gasteiger partial charge in [0.25, 0.3) is 0 Å². The fourth-order valence-electron chi connectivity index (χ4n) is 10.1. The van der Waals surface area contributed by atoms with Crippen molar-refractivity contribution < 1.29 is 0 Å². The van der Waals surface area contributed by atoms with Crippen molar-refractivity contribution in [1.82, 2.24) is 4.98 Å². The summed E-state index contributed by atoms with van der Waals surface area (Å²) in [7, 11) is 0. The van der Waals surface area contributed by atoms with Gasteiger partial charge in [-0.2, -0.15) is 0 Å². The molecule has 0 radical (unpaired) electrons. The van der Waals surface area contributed by atoms with Gasteiger partial charge in [-0.3, -0.25) is 0 Å². The highest BCUT2D eigenvalue weighted by Gasteiger charge is 2.24. The minimum absolute atomic E-state index is 0.988. The molecular formula is C65H43N. The summed E-state index contributed by atoms with van der Waals surface area (Å²) in [6.07, 6.45) is 0. The first-order chi connectivity index (χ1) is 32.8. The lowest BCUT2D eigenvalue weighted by Gasteiger charge is -2.24. The van der Waals surface area contributed by atoms with Crippen LogP contribution in [-0.2, 0) is 0 Å². The second kappa shape index (κ2) is 16.8. The number of benzene rings is 11. The third-order valence-corrected chi connectivity index (χ3v) is 13.1. The lowest BCUT2D eigenvalue weighted by Crippen LogP contribution is -1.98. The molecule has 0 N–H and O–H groups in total. The summed E-state index contributed by atoms with van der Waals surface area (Å²) in [6.45, 7) is 0. The smallest absolute Gasteiger partial charge is 0.0722 e. The summed E-state index contributed by atoms with van der Waals surface area (Å²) in [5.41, 5.74) is 19.9. The van der Waals surface area contributed by atoms with Crippen molar-refractivity contribution in [2.45, 2.75) is 0 Å². The first kappa shape index (κ1) is 39.0. The van der Waals surface area contributed by atoms with E-state index in [0.717, 1.165) is 16.6 Å². The Kier molecular flexibility index (Phi) is 9.93.